The molecule has 0 aromatic rings. The SMILES string of the molecule is O=C([O-])[O-].[OH-].[OH-].[OH-].[OH-].[Ti]. The largest absolute Gasteiger partial charge is 0.870 e. The van der Waals surface area contributed by atoms with Crippen LogP contribution in [-0.2, 0) is 21.7 Å². The summed E-state index contributed by atoms with van der Waals surface area (Å²) in [5.41, 5.74) is 0. The molecular weight excluding hydrogens is 172 g/mol. The molecule has 0 radical (unpaired) electrons. The Morgan fingerprint density at radius 3 is 0.889 bits per heavy atom. The van der Waals surface area contributed by atoms with Crippen LogP contribution in [0.25, 0.3) is 0 Å². The maximum atomic E-state index is 8.33. The summed E-state index contributed by atoms with van der Waals surface area (Å²) in [4.78, 5) is 8.33. The fourth-order valence-corrected chi connectivity index (χ4v) is 0. The first-order valence-corrected chi connectivity index (χ1v) is 0.612. The van der Waals surface area contributed by atoms with Crippen molar-refractivity contribution in [3.8, 4) is 0 Å². The third-order valence-corrected chi connectivity index (χ3v) is 0. The summed E-state index contributed by atoms with van der Waals surface area (Å²) in [6.45, 7) is 0. The van der Waals surface area contributed by atoms with Crippen molar-refractivity contribution in [2.45, 2.75) is 0 Å². The maximum Gasteiger partial charge on any atom is 0 e. The van der Waals surface area contributed by atoms with Crippen molar-refractivity contribution in [2.75, 3.05) is 0 Å². The first kappa shape index (κ1) is 67.7. The summed E-state index contributed by atoms with van der Waals surface area (Å²) in [7, 11) is 0. The fourth-order valence-electron chi connectivity index (χ4n) is 0. The molecule has 0 aromatic carbocycles. The average molecular weight is 176 g/mol. The average Bonchev–Trinajstić information content (AvgIpc) is 0.811. The van der Waals surface area contributed by atoms with E-state index in [9.17, 15) is 0 Å². The van der Waals surface area contributed by atoms with Gasteiger partial charge < -0.3 is 36.9 Å². The molecule has 0 atom stereocenters. The molecule has 0 amide bonds. The fraction of sp³-hybridized carbons (Fsp3) is 0. The van der Waals surface area contributed by atoms with Gasteiger partial charge in [-0.1, -0.05) is 0 Å². The van der Waals surface area contributed by atoms with E-state index in [1.807, 2.05) is 0 Å². The van der Waals surface area contributed by atoms with Gasteiger partial charge in [-0.05, 0) is 6.16 Å². The van der Waals surface area contributed by atoms with E-state index < -0.39 is 6.16 Å². The molecular formula is CH4O7Ti-6. The van der Waals surface area contributed by atoms with Crippen molar-refractivity contribution >= 4 is 6.16 Å². The van der Waals surface area contributed by atoms with Crippen molar-refractivity contribution < 1.29 is 58.6 Å². The second kappa shape index (κ2) is 45.7. The number of hydrogen-bond donors (Lipinski definition) is 0. The Morgan fingerprint density at radius 2 is 0.889 bits per heavy atom. The molecule has 0 fully saturated rings. The molecule has 0 aromatic heterocycles. The molecule has 0 saturated heterocycles. The predicted octanol–water partition coefficient (Wildman–Crippen LogP) is -3.16. The minimum atomic E-state index is -2.33. The second-order valence-electron chi connectivity index (χ2n) is 0.250. The van der Waals surface area contributed by atoms with Crippen LogP contribution in [0, 0.1) is 0 Å². The number of carbonyl (C=O) groups excluding carboxylic acids is 1. The molecule has 9 heavy (non-hydrogen) atoms. The molecule has 0 aliphatic carbocycles. The van der Waals surface area contributed by atoms with Gasteiger partial charge in [0, 0.05) is 21.7 Å². The summed E-state index contributed by atoms with van der Waals surface area (Å²) < 4.78 is 0. The van der Waals surface area contributed by atoms with E-state index in [2.05, 4.69) is 0 Å². The van der Waals surface area contributed by atoms with Crippen molar-refractivity contribution in [1.82, 2.24) is 0 Å². The van der Waals surface area contributed by atoms with Crippen molar-refractivity contribution in [2.24, 2.45) is 0 Å². The molecule has 4 N–H and O–H groups in total. The van der Waals surface area contributed by atoms with Crippen LogP contribution in [0.3, 0.4) is 0 Å². The Balaban J connectivity index is -0.00000000450. The van der Waals surface area contributed by atoms with Crippen LogP contribution in [0.15, 0.2) is 0 Å². The molecule has 0 rings (SSSR count). The van der Waals surface area contributed by atoms with Gasteiger partial charge in [0.05, 0.1) is 0 Å². The third kappa shape index (κ3) is 8600. The van der Waals surface area contributed by atoms with Crippen LogP contribution in [0.1, 0.15) is 0 Å². The van der Waals surface area contributed by atoms with Crippen LogP contribution < -0.4 is 10.2 Å². The Bertz CT molecular complexity index is 31.9. The van der Waals surface area contributed by atoms with E-state index in [1.165, 1.54) is 0 Å². The summed E-state index contributed by atoms with van der Waals surface area (Å²) in [6, 6.07) is 0. The second-order valence-corrected chi connectivity index (χ2v) is 0.250. The number of carbonyl (C=O) groups is 1. The van der Waals surface area contributed by atoms with Gasteiger partial charge in [0.2, 0.25) is 0 Å². The van der Waals surface area contributed by atoms with Gasteiger partial charge in [0.1, 0.15) is 0 Å². The minimum absolute atomic E-state index is 0. The number of hydrogen-bond acceptors (Lipinski definition) is 7. The normalized spacial score (nSPS) is 2.67. The van der Waals surface area contributed by atoms with E-state index in [4.69, 9.17) is 15.0 Å². The molecule has 0 heterocycles. The Kier molecular flexibility index (Phi) is 344. The van der Waals surface area contributed by atoms with Crippen LogP contribution in [-0.4, -0.2) is 28.1 Å². The van der Waals surface area contributed by atoms with Gasteiger partial charge in [0.15, 0.2) is 0 Å². The number of rotatable bonds is 0. The summed E-state index contributed by atoms with van der Waals surface area (Å²) in [6.07, 6.45) is -2.33. The van der Waals surface area contributed by atoms with Gasteiger partial charge >= 0.3 is 0 Å². The molecule has 0 aliphatic rings. The molecule has 0 aliphatic heterocycles. The predicted molar refractivity (Wildman–Crippen MR) is 13.1 cm³/mol. The zero-order valence-corrected chi connectivity index (χ0v) is 5.58. The monoisotopic (exact) mass is 176 g/mol. The van der Waals surface area contributed by atoms with Crippen molar-refractivity contribution in [3.05, 3.63) is 0 Å². The summed E-state index contributed by atoms with van der Waals surface area (Å²) in [5.74, 6) is 0. The molecule has 0 bridgehead atoms. The summed E-state index contributed by atoms with van der Waals surface area (Å²) >= 11 is 0. The first-order valence-electron chi connectivity index (χ1n) is 0.612. The Labute approximate surface area is 65.4 Å². The van der Waals surface area contributed by atoms with E-state index >= 15 is 0 Å². The molecule has 0 saturated carbocycles. The maximum absolute atomic E-state index is 8.33. The Morgan fingerprint density at radius 1 is 0.889 bits per heavy atom. The van der Waals surface area contributed by atoms with Crippen LogP contribution >= 0.6 is 0 Å². The molecule has 7 nitrogen and oxygen atoms in total. The van der Waals surface area contributed by atoms with Crippen LogP contribution in [0.2, 0.25) is 0 Å². The van der Waals surface area contributed by atoms with Crippen molar-refractivity contribution in [1.29, 1.82) is 0 Å². The first-order chi connectivity index (χ1) is 1.73. The zero-order chi connectivity index (χ0) is 3.58. The summed E-state index contributed by atoms with van der Waals surface area (Å²) in [5, 5.41) is 16.7. The van der Waals surface area contributed by atoms with Crippen molar-refractivity contribution in [3.63, 3.8) is 0 Å². The minimum Gasteiger partial charge on any atom is -0.870 e. The van der Waals surface area contributed by atoms with E-state index in [0.717, 1.165) is 0 Å². The van der Waals surface area contributed by atoms with Gasteiger partial charge in [-0.25, -0.2) is 0 Å². The molecule has 8 heteroatoms. The van der Waals surface area contributed by atoms with E-state index in [1.54, 1.807) is 0 Å². The molecule has 0 unspecified atom stereocenters. The molecule has 0 spiro atoms. The zero-order valence-electron chi connectivity index (χ0n) is 4.01. The Hall–Kier alpha value is -0.176. The molecule has 60 valence electrons. The number of carboxylic acid groups (broad SMARTS) is 2. The standard InChI is InChI=1S/CH2O3.4H2O.Ti/c2-1(3)4;;;;;/h(H2,2,3,4);4*1H2;/p-6. The van der Waals surface area contributed by atoms with E-state index in [0.29, 0.717) is 0 Å². The van der Waals surface area contributed by atoms with Gasteiger partial charge in [-0.15, -0.1) is 0 Å². The van der Waals surface area contributed by atoms with Crippen LogP contribution in [0.4, 0.5) is 4.79 Å². The van der Waals surface area contributed by atoms with Gasteiger partial charge in [-0.2, -0.15) is 0 Å². The van der Waals surface area contributed by atoms with Gasteiger partial charge in [-0.3, -0.25) is 0 Å². The quantitative estimate of drug-likeness (QED) is 0.348. The smallest absolute Gasteiger partial charge is 0 e. The van der Waals surface area contributed by atoms with Crippen LogP contribution in [0.5, 0.6) is 0 Å². The van der Waals surface area contributed by atoms with E-state index in [-0.39, 0.29) is 43.6 Å². The topological polar surface area (TPSA) is 183 Å². The third-order valence-electron chi connectivity index (χ3n) is 0. The van der Waals surface area contributed by atoms with Gasteiger partial charge in [0.25, 0.3) is 0 Å².